The zero-order chi connectivity index (χ0) is 7.28. The summed E-state index contributed by atoms with van der Waals surface area (Å²) >= 11 is 0. The van der Waals surface area contributed by atoms with E-state index in [0.29, 0.717) is 16.7 Å². The molecule has 0 aliphatic heterocycles. The van der Waals surface area contributed by atoms with E-state index in [1.54, 1.807) is 0 Å². The van der Waals surface area contributed by atoms with E-state index in [1.165, 1.54) is 0 Å². The Kier molecular flexibility index (Phi) is 1.19. The standard InChI is InChI=1S/C8H15O/c1-7(2)6(5-9)8(7,3)4/h6H,5H2,1-4H3. The minimum absolute atomic E-state index is 0.0972. The molecule has 0 heterocycles. The Hall–Kier alpha value is -0.0400. The van der Waals surface area contributed by atoms with E-state index in [2.05, 4.69) is 27.7 Å². The molecule has 0 aromatic carbocycles. The summed E-state index contributed by atoms with van der Waals surface area (Å²) in [5.74, 6) is 0.407. The second kappa shape index (κ2) is 1.51. The van der Waals surface area contributed by atoms with Gasteiger partial charge >= 0.3 is 0 Å². The summed E-state index contributed by atoms with van der Waals surface area (Å²) < 4.78 is 0. The Morgan fingerprint density at radius 3 is 1.44 bits per heavy atom. The molecule has 0 saturated heterocycles. The fourth-order valence-corrected chi connectivity index (χ4v) is 1.75. The molecule has 0 spiro atoms. The molecule has 0 amide bonds. The van der Waals surface area contributed by atoms with Crippen molar-refractivity contribution in [2.75, 3.05) is 6.61 Å². The topological polar surface area (TPSA) is 19.9 Å². The Morgan fingerprint density at radius 2 is 1.44 bits per heavy atom. The van der Waals surface area contributed by atoms with E-state index in [0.717, 1.165) is 0 Å². The largest absolute Gasteiger partial charge is 0.236 e. The van der Waals surface area contributed by atoms with Crippen molar-refractivity contribution < 1.29 is 5.11 Å². The van der Waals surface area contributed by atoms with Crippen LogP contribution >= 0.6 is 0 Å². The van der Waals surface area contributed by atoms with Crippen LogP contribution in [-0.2, 0) is 5.11 Å². The van der Waals surface area contributed by atoms with Crippen LogP contribution in [0.15, 0.2) is 0 Å². The number of hydrogen-bond acceptors (Lipinski definition) is 0. The van der Waals surface area contributed by atoms with E-state index in [4.69, 9.17) is 0 Å². The quantitative estimate of drug-likeness (QED) is 0.514. The smallest absolute Gasteiger partial charge is 0.0861 e. The van der Waals surface area contributed by atoms with Gasteiger partial charge in [-0.3, -0.25) is 0 Å². The van der Waals surface area contributed by atoms with Crippen LogP contribution in [-0.4, -0.2) is 6.61 Å². The predicted molar refractivity (Wildman–Crippen MR) is 36.6 cm³/mol. The summed E-state index contributed by atoms with van der Waals surface area (Å²) in [7, 11) is 0. The van der Waals surface area contributed by atoms with Gasteiger partial charge in [0.1, 0.15) is 0 Å². The lowest BCUT2D eigenvalue weighted by Crippen LogP contribution is -1.95. The second-order valence-electron chi connectivity index (χ2n) is 4.16. The normalized spacial score (nSPS) is 30.3. The van der Waals surface area contributed by atoms with Gasteiger partial charge in [-0.25, -0.2) is 5.11 Å². The summed E-state index contributed by atoms with van der Waals surface area (Å²) in [4.78, 5) is 0. The molecule has 0 atom stereocenters. The highest BCUT2D eigenvalue weighted by Gasteiger charge is 2.64. The van der Waals surface area contributed by atoms with Crippen LogP contribution in [0, 0.1) is 16.7 Å². The van der Waals surface area contributed by atoms with Crippen molar-refractivity contribution >= 4 is 0 Å². The maximum atomic E-state index is 10.5. The lowest BCUT2D eigenvalue weighted by molar-refractivity contribution is 0.161. The number of rotatable bonds is 1. The molecular weight excluding hydrogens is 112 g/mol. The Labute approximate surface area is 57.1 Å². The SMILES string of the molecule is CC1(C)C(C[O])C1(C)C. The molecule has 9 heavy (non-hydrogen) atoms. The van der Waals surface area contributed by atoms with Gasteiger partial charge in [0.2, 0.25) is 0 Å². The zero-order valence-corrected chi connectivity index (χ0v) is 6.69. The molecule has 1 rings (SSSR count). The molecule has 1 radical (unpaired) electrons. The minimum atomic E-state index is 0.0972. The Balaban J connectivity index is 2.66. The van der Waals surface area contributed by atoms with E-state index < -0.39 is 0 Å². The molecular formula is C8H15O. The molecule has 0 aromatic heterocycles. The highest BCUT2D eigenvalue weighted by atomic mass is 16.3. The van der Waals surface area contributed by atoms with Crippen molar-refractivity contribution in [2.24, 2.45) is 16.7 Å². The van der Waals surface area contributed by atoms with Crippen molar-refractivity contribution in [2.45, 2.75) is 27.7 Å². The lowest BCUT2D eigenvalue weighted by atomic mass is 10.0. The number of hydrogen-bond donors (Lipinski definition) is 0. The van der Waals surface area contributed by atoms with Crippen molar-refractivity contribution in [3.05, 3.63) is 0 Å². The highest BCUT2D eigenvalue weighted by molar-refractivity contribution is 5.11. The van der Waals surface area contributed by atoms with Crippen LogP contribution in [0.4, 0.5) is 0 Å². The molecule has 1 aliphatic carbocycles. The molecule has 0 N–H and O–H groups in total. The Bertz CT molecular complexity index is 111. The van der Waals surface area contributed by atoms with Crippen molar-refractivity contribution in [3.63, 3.8) is 0 Å². The van der Waals surface area contributed by atoms with Crippen LogP contribution < -0.4 is 0 Å². The molecule has 0 bridgehead atoms. The third-order valence-corrected chi connectivity index (χ3v) is 3.49. The Morgan fingerprint density at radius 1 is 1.11 bits per heavy atom. The minimum Gasteiger partial charge on any atom is -0.236 e. The average Bonchev–Trinajstić information content (AvgIpc) is 2.00. The van der Waals surface area contributed by atoms with Gasteiger partial charge in [-0.05, 0) is 16.7 Å². The molecule has 1 fully saturated rings. The van der Waals surface area contributed by atoms with Crippen LogP contribution in [0.25, 0.3) is 0 Å². The fraction of sp³-hybridized carbons (Fsp3) is 1.00. The van der Waals surface area contributed by atoms with Gasteiger partial charge in [-0.15, -0.1) is 0 Å². The summed E-state index contributed by atoms with van der Waals surface area (Å²) in [6.45, 7) is 8.80. The van der Waals surface area contributed by atoms with Gasteiger partial charge in [0.15, 0.2) is 0 Å². The van der Waals surface area contributed by atoms with Crippen molar-refractivity contribution in [1.29, 1.82) is 0 Å². The van der Waals surface area contributed by atoms with Crippen molar-refractivity contribution in [1.82, 2.24) is 0 Å². The van der Waals surface area contributed by atoms with Gasteiger partial charge in [0.25, 0.3) is 0 Å². The fourth-order valence-electron chi connectivity index (χ4n) is 1.75. The molecule has 1 aliphatic rings. The van der Waals surface area contributed by atoms with E-state index in [9.17, 15) is 5.11 Å². The highest BCUT2D eigenvalue weighted by Crippen LogP contribution is 2.67. The summed E-state index contributed by atoms with van der Waals surface area (Å²) in [5.41, 5.74) is 0.601. The first-order valence-electron chi connectivity index (χ1n) is 3.52. The summed E-state index contributed by atoms with van der Waals surface area (Å²) in [6, 6.07) is 0. The van der Waals surface area contributed by atoms with E-state index >= 15 is 0 Å². The van der Waals surface area contributed by atoms with Gasteiger partial charge in [0.05, 0.1) is 6.61 Å². The first kappa shape index (κ1) is 7.07. The zero-order valence-electron chi connectivity index (χ0n) is 6.69. The molecule has 1 saturated carbocycles. The van der Waals surface area contributed by atoms with Gasteiger partial charge in [0, 0.05) is 0 Å². The predicted octanol–water partition coefficient (Wildman–Crippen LogP) is 2.10. The molecule has 1 nitrogen and oxygen atoms in total. The van der Waals surface area contributed by atoms with Gasteiger partial charge in [-0.1, -0.05) is 27.7 Å². The molecule has 1 heteroatoms. The van der Waals surface area contributed by atoms with E-state index in [-0.39, 0.29) is 6.61 Å². The lowest BCUT2D eigenvalue weighted by Gasteiger charge is -2.03. The van der Waals surface area contributed by atoms with Crippen LogP contribution in [0.2, 0.25) is 0 Å². The first-order valence-corrected chi connectivity index (χ1v) is 3.52. The van der Waals surface area contributed by atoms with Crippen LogP contribution in [0.1, 0.15) is 27.7 Å². The van der Waals surface area contributed by atoms with Gasteiger partial charge < -0.3 is 0 Å². The third kappa shape index (κ3) is 0.644. The molecule has 0 unspecified atom stereocenters. The monoisotopic (exact) mass is 127 g/mol. The van der Waals surface area contributed by atoms with Crippen LogP contribution in [0.3, 0.4) is 0 Å². The van der Waals surface area contributed by atoms with Gasteiger partial charge in [-0.2, -0.15) is 0 Å². The maximum Gasteiger partial charge on any atom is 0.0861 e. The first-order chi connectivity index (χ1) is 3.94. The summed E-state index contributed by atoms with van der Waals surface area (Å²) in [6.07, 6.45) is 0. The maximum absolute atomic E-state index is 10.5. The summed E-state index contributed by atoms with van der Waals surface area (Å²) in [5, 5.41) is 10.5. The van der Waals surface area contributed by atoms with Crippen LogP contribution in [0.5, 0.6) is 0 Å². The molecule has 0 aromatic rings. The second-order valence-corrected chi connectivity index (χ2v) is 4.16. The molecule has 53 valence electrons. The van der Waals surface area contributed by atoms with Crippen molar-refractivity contribution in [3.8, 4) is 0 Å². The average molecular weight is 127 g/mol. The third-order valence-electron chi connectivity index (χ3n) is 3.49. The van der Waals surface area contributed by atoms with E-state index in [1.807, 2.05) is 0 Å².